The van der Waals surface area contributed by atoms with Gasteiger partial charge in [-0.05, 0) is 6.42 Å². The molecule has 144 valence electrons. The maximum atomic E-state index is 9.88. The smallest absolute Gasteiger partial charge is 0.293 e. The third-order valence-corrected chi connectivity index (χ3v) is 3.80. The normalized spacial score (nSPS) is 10.9. The van der Waals surface area contributed by atoms with Crippen LogP contribution in [0.15, 0.2) is 0 Å². The first kappa shape index (κ1) is 23.4. The molecule has 0 fully saturated rings. The molecule has 0 amide bonds. The lowest BCUT2D eigenvalue weighted by molar-refractivity contribution is -0.130. The highest BCUT2D eigenvalue weighted by molar-refractivity contribution is 5.36. The lowest BCUT2D eigenvalue weighted by Crippen LogP contribution is -2.11. The predicted molar refractivity (Wildman–Crippen MR) is 96.3 cm³/mol. The molecule has 0 aromatic heterocycles. The van der Waals surface area contributed by atoms with Crippen LogP contribution in [0.5, 0.6) is 0 Å². The van der Waals surface area contributed by atoms with Crippen molar-refractivity contribution < 1.29 is 23.7 Å². The Morgan fingerprint density at radius 3 is 1.46 bits per heavy atom. The van der Waals surface area contributed by atoms with E-state index in [1.54, 1.807) is 0 Å². The Morgan fingerprint density at radius 1 is 0.542 bits per heavy atom. The van der Waals surface area contributed by atoms with E-state index in [1.165, 1.54) is 57.8 Å². The highest BCUT2D eigenvalue weighted by atomic mass is 16.6. The Balaban J connectivity index is 2.94. The number of unbranched alkanes of at least 4 members (excludes halogenated alkanes) is 9. The van der Waals surface area contributed by atoms with Gasteiger partial charge >= 0.3 is 0 Å². The first-order chi connectivity index (χ1) is 11.9. The molecule has 0 heterocycles. The Morgan fingerprint density at radius 2 is 0.958 bits per heavy atom. The summed E-state index contributed by atoms with van der Waals surface area (Å²) in [5.41, 5.74) is 0. The summed E-state index contributed by atoms with van der Waals surface area (Å²) in [4.78, 5) is 9.88. The number of ether oxygens (including phenoxy) is 4. The van der Waals surface area contributed by atoms with E-state index in [-0.39, 0.29) is 0 Å². The van der Waals surface area contributed by atoms with Crippen LogP contribution in [0.3, 0.4) is 0 Å². The van der Waals surface area contributed by atoms with Gasteiger partial charge in [0.2, 0.25) is 0 Å². The summed E-state index contributed by atoms with van der Waals surface area (Å²) in [5.74, 6) is 0. The van der Waals surface area contributed by atoms with E-state index < -0.39 is 0 Å². The van der Waals surface area contributed by atoms with Crippen molar-refractivity contribution in [3.8, 4) is 0 Å². The number of hydrogen-bond acceptors (Lipinski definition) is 5. The van der Waals surface area contributed by atoms with Gasteiger partial charge in [0.1, 0.15) is 6.61 Å². The monoisotopic (exact) mass is 346 g/mol. The molecule has 0 aliphatic carbocycles. The lowest BCUT2D eigenvalue weighted by Gasteiger charge is -2.06. The van der Waals surface area contributed by atoms with Gasteiger partial charge in [-0.15, -0.1) is 0 Å². The van der Waals surface area contributed by atoms with Crippen molar-refractivity contribution in [2.45, 2.75) is 71.1 Å². The maximum absolute atomic E-state index is 9.88. The lowest BCUT2D eigenvalue weighted by atomic mass is 10.1. The summed E-state index contributed by atoms with van der Waals surface area (Å²) < 4.78 is 20.6. The van der Waals surface area contributed by atoms with Gasteiger partial charge in [0, 0.05) is 6.61 Å². The van der Waals surface area contributed by atoms with Gasteiger partial charge in [-0.25, -0.2) is 0 Å². The summed E-state index contributed by atoms with van der Waals surface area (Å²) in [6.45, 7) is 6.54. The van der Waals surface area contributed by atoms with Gasteiger partial charge in [-0.2, -0.15) is 0 Å². The van der Waals surface area contributed by atoms with Gasteiger partial charge in [-0.1, -0.05) is 64.7 Å². The average Bonchev–Trinajstić information content (AvgIpc) is 2.60. The third kappa shape index (κ3) is 21.4. The maximum Gasteiger partial charge on any atom is 0.293 e. The van der Waals surface area contributed by atoms with Crippen LogP contribution in [0.4, 0.5) is 0 Å². The van der Waals surface area contributed by atoms with Crippen LogP contribution in [0.1, 0.15) is 71.1 Å². The minimum atomic E-state index is 0.297. The molecule has 5 heteroatoms. The fourth-order valence-corrected chi connectivity index (χ4v) is 2.39. The molecule has 0 N–H and O–H groups in total. The number of hydrogen-bond donors (Lipinski definition) is 0. The molecule has 0 saturated carbocycles. The van der Waals surface area contributed by atoms with Crippen LogP contribution in [-0.4, -0.2) is 52.7 Å². The van der Waals surface area contributed by atoms with Crippen LogP contribution in [0, 0.1) is 0 Å². The minimum Gasteiger partial charge on any atom is -0.465 e. The number of carbonyl (C=O) groups is 1. The molecule has 5 nitrogen and oxygen atoms in total. The molecular formula is C19H38O5. The fourth-order valence-electron chi connectivity index (χ4n) is 2.39. The zero-order valence-electron chi connectivity index (χ0n) is 15.6. The summed E-state index contributed by atoms with van der Waals surface area (Å²) in [5, 5.41) is 0. The van der Waals surface area contributed by atoms with E-state index in [4.69, 9.17) is 14.2 Å². The van der Waals surface area contributed by atoms with Crippen molar-refractivity contribution in [2.75, 3.05) is 46.2 Å². The van der Waals surface area contributed by atoms with Gasteiger partial charge < -0.3 is 18.9 Å². The van der Waals surface area contributed by atoms with Crippen molar-refractivity contribution in [1.29, 1.82) is 0 Å². The second-order valence-corrected chi connectivity index (χ2v) is 5.99. The van der Waals surface area contributed by atoms with Crippen molar-refractivity contribution in [1.82, 2.24) is 0 Å². The van der Waals surface area contributed by atoms with Gasteiger partial charge in [-0.3, -0.25) is 4.79 Å². The van der Waals surface area contributed by atoms with E-state index in [9.17, 15) is 4.79 Å². The molecule has 0 aromatic carbocycles. The van der Waals surface area contributed by atoms with Crippen molar-refractivity contribution >= 4 is 6.47 Å². The van der Waals surface area contributed by atoms with Crippen LogP contribution in [-0.2, 0) is 23.7 Å². The molecule has 0 aliphatic heterocycles. The van der Waals surface area contributed by atoms with Gasteiger partial charge in [0.15, 0.2) is 0 Å². The molecule has 0 aromatic rings. The molecule has 0 aliphatic rings. The molecule has 0 radical (unpaired) electrons. The summed E-state index contributed by atoms with van der Waals surface area (Å²) in [6, 6.07) is 0. The summed E-state index contributed by atoms with van der Waals surface area (Å²) >= 11 is 0. The molecule has 0 spiro atoms. The van der Waals surface area contributed by atoms with Crippen LogP contribution < -0.4 is 0 Å². The highest BCUT2D eigenvalue weighted by Gasteiger charge is 1.94. The zero-order valence-corrected chi connectivity index (χ0v) is 15.6. The van der Waals surface area contributed by atoms with E-state index in [2.05, 4.69) is 11.7 Å². The Bertz CT molecular complexity index is 236. The quantitative estimate of drug-likeness (QED) is 0.231. The standard InChI is InChI=1S/C19H38O5/c1-2-3-4-5-6-7-8-9-10-11-12-21-13-14-22-15-16-23-17-18-24-19-20/h19H,2-18H2,1H3. The Hall–Kier alpha value is -0.650. The fraction of sp³-hybridized carbons (Fsp3) is 0.947. The van der Waals surface area contributed by atoms with Crippen LogP contribution >= 0.6 is 0 Å². The largest absolute Gasteiger partial charge is 0.465 e. The van der Waals surface area contributed by atoms with Crippen LogP contribution in [0.25, 0.3) is 0 Å². The summed E-state index contributed by atoms with van der Waals surface area (Å²) in [6.07, 6.45) is 13.5. The van der Waals surface area contributed by atoms with E-state index in [0.717, 1.165) is 13.0 Å². The second-order valence-electron chi connectivity index (χ2n) is 5.99. The number of rotatable bonds is 21. The van der Waals surface area contributed by atoms with Crippen molar-refractivity contribution in [3.63, 3.8) is 0 Å². The first-order valence-corrected chi connectivity index (χ1v) is 9.70. The predicted octanol–water partition coefficient (Wildman–Crippen LogP) is 4.13. The molecular weight excluding hydrogens is 308 g/mol. The third-order valence-electron chi connectivity index (χ3n) is 3.80. The summed E-state index contributed by atoms with van der Waals surface area (Å²) in [7, 11) is 0. The van der Waals surface area contributed by atoms with Crippen molar-refractivity contribution in [3.05, 3.63) is 0 Å². The number of carbonyl (C=O) groups excluding carboxylic acids is 1. The second kappa shape index (κ2) is 22.4. The van der Waals surface area contributed by atoms with Gasteiger partial charge in [0.05, 0.1) is 33.0 Å². The molecule has 0 unspecified atom stereocenters. The molecule has 0 bridgehead atoms. The van der Waals surface area contributed by atoms with E-state index in [1.807, 2.05) is 0 Å². The SMILES string of the molecule is CCCCCCCCCCCCOCCOCCOCCOC=O. The van der Waals surface area contributed by atoms with E-state index in [0.29, 0.717) is 46.1 Å². The van der Waals surface area contributed by atoms with Crippen LogP contribution in [0.2, 0.25) is 0 Å². The first-order valence-electron chi connectivity index (χ1n) is 9.70. The minimum absolute atomic E-state index is 0.297. The molecule has 24 heavy (non-hydrogen) atoms. The Labute approximate surface area is 148 Å². The molecule has 0 atom stereocenters. The zero-order chi connectivity index (χ0) is 17.6. The average molecular weight is 347 g/mol. The highest BCUT2D eigenvalue weighted by Crippen LogP contribution is 2.10. The van der Waals surface area contributed by atoms with E-state index >= 15 is 0 Å². The van der Waals surface area contributed by atoms with Crippen molar-refractivity contribution in [2.24, 2.45) is 0 Å². The Kier molecular flexibility index (Phi) is 21.7. The molecule has 0 saturated heterocycles. The molecule has 0 rings (SSSR count). The van der Waals surface area contributed by atoms with Gasteiger partial charge in [0.25, 0.3) is 6.47 Å². The topological polar surface area (TPSA) is 54.0 Å².